The maximum atomic E-state index is 11.8. The number of alkyl halides is 1. The molecule has 0 fully saturated rings. The molecule has 148 valence electrons. The molecule has 0 unspecified atom stereocenters. The molecule has 27 heavy (non-hydrogen) atoms. The molecular formula is C18H21FO8. The molecule has 0 aliphatic rings. The molecule has 0 aliphatic heterocycles. The number of phenols is 5. The van der Waals surface area contributed by atoms with Crippen molar-refractivity contribution in [2.45, 2.75) is 0 Å². The van der Waals surface area contributed by atoms with Crippen LogP contribution in [0.1, 0.15) is 0 Å². The van der Waals surface area contributed by atoms with Crippen molar-refractivity contribution >= 4 is 0 Å². The van der Waals surface area contributed by atoms with E-state index in [1.807, 2.05) is 0 Å². The van der Waals surface area contributed by atoms with Crippen molar-refractivity contribution in [3.63, 3.8) is 0 Å². The number of rotatable bonds is 10. The summed E-state index contributed by atoms with van der Waals surface area (Å²) in [4.78, 5) is 0. The Kier molecular flexibility index (Phi) is 7.33. The fraction of sp³-hybridized carbons (Fsp3) is 0.333. The first-order valence-electron chi connectivity index (χ1n) is 8.10. The van der Waals surface area contributed by atoms with Gasteiger partial charge >= 0.3 is 0 Å². The van der Waals surface area contributed by atoms with Crippen LogP contribution in [0.3, 0.4) is 0 Å². The predicted octanol–water partition coefficient (Wildman–Crippen LogP) is 2.26. The van der Waals surface area contributed by atoms with Gasteiger partial charge in [0.25, 0.3) is 0 Å². The Morgan fingerprint density at radius 3 is 1.89 bits per heavy atom. The van der Waals surface area contributed by atoms with Crippen molar-refractivity contribution in [3.05, 3.63) is 24.3 Å². The Bertz CT molecular complexity index is 739. The van der Waals surface area contributed by atoms with Crippen molar-refractivity contribution in [2.24, 2.45) is 0 Å². The standard InChI is InChI=1S/C18H21FO8/c19-3-4-25-5-6-26-7-8-27-15-2-1-11(9-12(15)20)16-17(23)13(21)10-14(22)18(16)24/h1-2,9-10,20-24H,3-8H2. The van der Waals surface area contributed by atoms with Crippen molar-refractivity contribution < 1.29 is 44.1 Å². The molecule has 0 radical (unpaired) electrons. The molecule has 0 amide bonds. The van der Waals surface area contributed by atoms with Gasteiger partial charge in [-0.05, 0) is 17.7 Å². The maximum Gasteiger partial charge on any atom is 0.169 e. The third-order valence-corrected chi connectivity index (χ3v) is 3.56. The lowest BCUT2D eigenvalue weighted by molar-refractivity contribution is 0.0322. The van der Waals surface area contributed by atoms with Gasteiger partial charge < -0.3 is 39.7 Å². The lowest BCUT2D eigenvalue weighted by Crippen LogP contribution is -2.11. The van der Waals surface area contributed by atoms with Gasteiger partial charge in [0.2, 0.25) is 0 Å². The molecule has 0 atom stereocenters. The van der Waals surface area contributed by atoms with Crippen molar-refractivity contribution in [3.8, 4) is 45.6 Å². The molecule has 0 aliphatic carbocycles. The maximum absolute atomic E-state index is 11.8. The number of ether oxygens (including phenoxy) is 3. The number of hydrogen-bond acceptors (Lipinski definition) is 8. The molecule has 8 nitrogen and oxygen atoms in total. The quantitative estimate of drug-likeness (QED) is 0.240. The summed E-state index contributed by atoms with van der Waals surface area (Å²) in [5.41, 5.74) is -0.0757. The van der Waals surface area contributed by atoms with E-state index in [1.54, 1.807) is 0 Å². The second-order valence-corrected chi connectivity index (χ2v) is 5.43. The van der Waals surface area contributed by atoms with Gasteiger partial charge in [-0.1, -0.05) is 6.07 Å². The summed E-state index contributed by atoms with van der Waals surface area (Å²) < 4.78 is 27.3. The summed E-state index contributed by atoms with van der Waals surface area (Å²) in [5.74, 6) is -2.65. The highest BCUT2D eigenvalue weighted by Crippen LogP contribution is 2.49. The minimum Gasteiger partial charge on any atom is -0.504 e. The highest BCUT2D eigenvalue weighted by Gasteiger charge is 2.19. The highest BCUT2D eigenvalue weighted by atomic mass is 19.1. The SMILES string of the molecule is Oc1cc(-c2c(O)c(O)cc(O)c2O)ccc1OCCOCCOCCF. The molecule has 0 spiro atoms. The van der Waals surface area contributed by atoms with Crippen LogP contribution in [0.2, 0.25) is 0 Å². The summed E-state index contributed by atoms with van der Waals surface area (Å²) in [7, 11) is 0. The van der Waals surface area contributed by atoms with Gasteiger partial charge in [0.1, 0.15) is 13.3 Å². The molecule has 0 aromatic heterocycles. The second kappa shape index (κ2) is 9.70. The molecule has 2 aromatic rings. The van der Waals surface area contributed by atoms with Crippen molar-refractivity contribution in [1.29, 1.82) is 0 Å². The van der Waals surface area contributed by atoms with Crippen LogP contribution in [-0.2, 0) is 9.47 Å². The van der Waals surface area contributed by atoms with Gasteiger partial charge in [-0.25, -0.2) is 4.39 Å². The Balaban J connectivity index is 1.97. The zero-order chi connectivity index (χ0) is 19.8. The molecule has 2 rings (SSSR count). The van der Waals surface area contributed by atoms with Crippen LogP contribution in [-0.4, -0.2) is 65.2 Å². The summed E-state index contributed by atoms with van der Waals surface area (Å²) in [6, 6.07) is 4.83. The van der Waals surface area contributed by atoms with E-state index >= 15 is 0 Å². The average molecular weight is 384 g/mol. The number of halogens is 1. The molecule has 9 heteroatoms. The third kappa shape index (κ3) is 5.28. The first-order chi connectivity index (χ1) is 13.0. The summed E-state index contributed by atoms with van der Waals surface area (Å²) in [6.45, 7) is 0.404. The first kappa shape index (κ1) is 20.4. The predicted molar refractivity (Wildman–Crippen MR) is 93.3 cm³/mol. The number of phenolic OH excluding ortho intramolecular Hbond substituents is 5. The van der Waals surface area contributed by atoms with Crippen LogP contribution >= 0.6 is 0 Å². The van der Waals surface area contributed by atoms with E-state index in [4.69, 9.17) is 14.2 Å². The van der Waals surface area contributed by atoms with E-state index in [-0.39, 0.29) is 55.7 Å². The third-order valence-electron chi connectivity index (χ3n) is 3.56. The minimum atomic E-state index is -0.637. The monoisotopic (exact) mass is 384 g/mol. The van der Waals surface area contributed by atoms with Crippen LogP contribution in [0.25, 0.3) is 11.1 Å². The summed E-state index contributed by atoms with van der Waals surface area (Å²) in [6.07, 6.45) is 0. The Hall–Kier alpha value is -2.91. The van der Waals surface area contributed by atoms with Gasteiger partial charge in [-0.3, -0.25) is 0 Å². The van der Waals surface area contributed by atoms with Crippen LogP contribution in [0, 0.1) is 0 Å². The fourth-order valence-electron chi connectivity index (χ4n) is 2.29. The van der Waals surface area contributed by atoms with Gasteiger partial charge in [0, 0.05) is 6.07 Å². The summed E-state index contributed by atoms with van der Waals surface area (Å²) >= 11 is 0. The van der Waals surface area contributed by atoms with Crippen LogP contribution in [0.15, 0.2) is 24.3 Å². The van der Waals surface area contributed by atoms with Crippen LogP contribution in [0.5, 0.6) is 34.5 Å². The smallest absolute Gasteiger partial charge is 0.169 e. The lowest BCUT2D eigenvalue weighted by atomic mass is 10.0. The molecule has 5 N–H and O–H groups in total. The molecule has 0 heterocycles. The van der Waals surface area contributed by atoms with E-state index in [0.29, 0.717) is 0 Å². The van der Waals surface area contributed by atoms with Gasteiger partial charge in [-0.2, -0.15) is 0 Å². The topological polar surface area (TPSA) is 129 Å². The van der Waals surface area contributed by atoms with E-state index in [9.17, 15) is 29.9 Å². The Morgan fingerprint density at radius 1 is 0.704 bits per heavy atom. The van der Waals surface area contributed by atoms with Gasteiger partial charge in [-0.15, -0.1) is 0 Å². The normalized spacial score (nSPS) is 10.9. The Labute approximate surface area is 154 Å². The number of aromatic hydroxyl groups is 5. The largest absolute Gasteiger partial charge is 0.504 e. The minimum absolute atomic E-state index is 0.0299. The second-order valence-electron chi connectivity index (χ2n) is 5.43. The van der Waals surface area contributed by atoms with Crippen molar-refractivity contribution in [1.82, 2.24) is 0 Å². The van der Waals surface area contributed by atoms with E-state index < -0.39 is 29.7 Å². The lowest BCUT2D eigenvalue weighted by Gasteiger charge is -2.13. The van der Waals surface area contributed by atoms with Gasteiger partial charge in [0.15, 0.2) is 34.5 Å². The van der Waals surface area contributed by atoms with E-state index in [1.165, 1.54) is 18.2 Å². The highest BCUT2D eigenvalue weighted by molar-refractivity contribution is 5.82. The van der Waals surface area contributed by atoms with E-state index in [0.717, 1.165) is 6.07 Å². The van der Waals surface area contributed by atoms with Crippen LogP contribution < -0.4 is 4.74 Å². The Morgan fingerprint density at radius 2 is 1.30 bits per heavy atom. The summed E-state index contributed by atoms with van der Waals surface area (Å²) in [5, 5.41) is 49.0. The van der Waals surface area contributed by atoms with Gasteiger partial charge in [0.05, 0.1) is 32.0 Å². The first-order valence-corrected chi connectivity index (χ1v) is 8.10. The molecular weight excluding hydrogens is 363 g/mol. The molecule has 0 saturated carbocycles. The average Bonchev–Trinajstić information content (AvgIpc) is 2.64. The number of hydrogen-bond donors (Lipinski definition) is 5. The number of benzene rings is 2. The molecule has 2 aromatic carbocycles. The van der Waals surface area contributed by atoms with E-state index in [2.05, 4.69) is 0 Å². The molecule has 0 saturated heterocycles. The van der Waals surface area contributed by atoms with Crippen molar-refractivity contribution in [2.75, 3.05) is 39.7 Å². The zero-order valence-corrected chi connectivity index (χ0v) is 14.4. The van der Waals surface area contributed by atoms with Crippen LogP contribution in [0.4, 0.5) is 4.39 Å². The zero-order valence-electron chi connectivity index (χ0n) is 14.4. The fourth-order valence-corrected chi connectivity index (χ4v) is 2.29. The molecule has 0 bridgehead atoms.